The Labute approximate surface area is 152 Å². The van der Waals surface area contributed by atoms with Crippen LogP contribution in [0.5, 0.6) is 5.75 Å². The number of methoxy groups -OCH3 is 1. The molecule has 0 aliphatic rings. The van der Waals surface area contributed by atoms with Crippen molar-refractivity contribution in [2.24, 2.45) is 0 Å². The standard InChI is InChI=1S/C21H14O6/c1-11-3-4-12-8-15(20(23)26-17(12)7-11)19(22)16-9-13-5-6-14(25-2)10-18(13)27-21(16)24/h3-10H,1-2H3. The van der Waals surface area contributed by atoms with Gasteiger partial charge in [0, 0.05) is 16.8 Å². The average molecular weight is 362 g/mol. The van der Waals surface area contributed by atoms with Crippen molar-refractivity contribution >= 4 is 27.7 Å². The fourth-order valence-electron chi connectivity index (χ4n) is 2.90. The second-order valence-electron chi connectivity index (χ2n) is 6.17. The molecule has 0 saturated carbocycles. The molecule has 6 nitrogen and oxygen atoms in total. The zero-order chi connectivity index (χ0) is 19.1. The fourth-order valence-corrected chi connectivity index (χ4v) is 2.90. The molecule has 27 heavy (non-hydrogen) atoms. The van der Waals surface area contributed by atoms with Gasteiger partial charge in [-0.1, -0.05) is 12.1 Å². The smallest absolute Gasteiger partial charge is 0.347 e. The van der Waals surface area contributed by atoms with Gasteiger partial charge in [0.25, 0.3) is 0 Å². The maximum absolute atomic E-state index is 12.8. The predicted molar refractivity (Wildman–Crippen MR) is 99.7 cm³/mol. The fraction of sp³-hybridized carbons (Fsp3) is 0.0952. The highest BCUT2D eigenvalue weighted by Gasteiger charge is 2.20. The van der Waals surface area contributed by atoms with Crippen molar-refractivity contribution in [2.75, 3.05) is 7.11 Å². The van der Waals surface area contributed by atoms with Crippen molar-refractivity contribution in [1.82, 2.24) is 0 Å². The maximum Gasteiger partial charge on any atom is 0.347 e. The van der Waals surface area contributed by atoms with E-state index >= 15 is 0 Å². The highest BCUT2D eigenvalue weighted by Crippen LogP contribution is 2.21. The number of fused-ring (bicyclic) bond motifs is 2. The van der Waals surface area contributed by atoms with Crippen molar-refractivity contribution in [1.29, 1.82) is 0 Å². The summed E-state index contributed by atoms with van der Waals surface area (Å²) in [5.41, 5.74) is -0.476. The monoisotopic (exact) mass is 362 g/mol. The number of rotatable bonds is 3. The molecule has 0 radical (unpaired) electrons. The Bertz CT molecular complexity index is 1330. The van der Waals surface area contributed by atoms with Gasteiger partial charge in [-0.05, 0) is 42.8 Å². The van der Waals surface area contributed by atoms with E-state index in [2.05, 4.69) is 0 Å². The first kappa shape index (κ1) is 16.8. The summed E-state index contributed by atoms with van der Waals surface area (Å²) in [6.07, 6.45) is 0. The van der Waals surface area contributed by atoms with Crippen LogP contribution >= 0.6 is 0 Å². The molecule has 0 atom stereocenters. The molecule has 0 N–H and O–H groups in total. The molecule has 0 aliphatic heterocycles. The summed E-state index contributed by atoms with van der Waals surface area (Å²) in [6, 6.07) is 13.0. The van der Waals surface area contributed by atoms with Crippen LogP contribution in [0, 0.1) is 6.92 Å². The van der Waals surface area contributed by atoms with Gasteiger partial charge in [0.15, 0.2) is 0 Å². The lowest BCUT2D eigenvalue weighted by molar-refractivity contribution is 0.103. The summed E-state index contributed by atoms with van der Waals surface area (Å²) < 4.78 is 15.6. The number of ketones is 1. The van der Waals surface area contributed by atoms with Gasteiger partial charge in [-0.25, -0.2) is 9.59 Å². The molecule has 0 saturated heterocycles. The largest absolute Gasteiger partial charge is 0.497 e. The first-order valence-corrected chi connectivity index (χ1v) is 8.17. The van der Waals surface area contributed by atoms with E-state index in [1.165, 1.54) is 19.2 Å². The first-order chi connectivity index (χ1) is 13.0. The van der Waals surface area contributed by atoms with E-state index in [9.17, 15) is 14.4 Å². The van der Waals surface area contributed by atoms with Gasteiger partial charge in [-0.15, -0.1) is 0 Å². The van der Waals surface area contributed by atoms with E-state index in [0.717, 1.165) is 5.56 Å². The van der Waals surface area contributed by atoms with Crippen molar-refractivity contribution in [2.45, 2.75) is 6.92 Å². The molecule has 0 fully saturated rings. The van der Waals surface area contributed by atoms with E-state index in [1.54, 1.807) is 30.3 Å². The minimum absolute atomic E-state index is 0.216. The van der Waals surface area contributed by atoms with Crippen molar-refractivity contribution < 1.29 is 18.4 Å². The Hall–Kier alpha value is -3.67. The summed E-state index contributed by atoms with van der Waals surface area (Å²) in [4.78, 5) is 37.4. The summed E-state index contributed by atoms with van der Waals surface area (Å²) in [5, 5.41) is 1.14. The molecule has 0 aliphatic carbocycles. The van der Waals surface area contributed by atoms with Crippen molar-refractivity contribution in [3.05, 3.63) is 86.1 Å². The zero-order valence-corrected chi connectivity index (χ0v) is 14.6. The Morgan fingerprint density at radius 3 is 1.96 bits per heavy atom. The van der Waals surface area contributed by atoms with Crippen LogP contribution in [0.15, 0.2) is 67.0 Å². The van der Waals surface area contributed by atoms with Gasteiger partial charge in [-0.3, -0.25) is 4.79 Å². The van der Waals surface area contributed by atoms with Gasteiger partial charge in [0.05, 0.1) is 7.11 Å². The number of benzene rings is 2. The van der Waals surface area contributed by atoms with Gasteiger partial charge < -0.3 is 13.6 Å². The molecule has 0 amide bonds. The summed E-state index contributed by atoms with van der Waals surface area (Å²) in [6.45, 7) is 1.87. The molecule has 0 bridgehead atoms. The van der Waals surface area contributed by atoms with Gasteiger partial charge in [-0.2, -0.15) is 0 Å². The first-order valence-electron chi connectivity index (χ1n) is 8.17. The van der Waals surface area contributed by atoms with E-state index in [-0.39, 0.29) is 16.7 Å². The van der Waals surface area contributed by atoms with Crippen molar-refractivity contribution in [3.63, 3.8) is 0 Å². The Morgan fingerprint density at radius 1 is 0.815 bits per heavy atom. The summed E-state index contributed by atoms with van der Waals surface area (Å²) >= 11 is 0. The van der Waals surface area contributed by atoms with E-state index in [1.807, 2.05) is 13.0 Å². The molecule has 0 unspecified atom stereocenters. The number of carbonyl (C=O) groups excluding carboxylic acids is 1. The van der Waals surface area contributed by atoms with Crippen LogP contribution in [0.2, 0.25) is 0 Å². The minimum Gasteiger partial charge on any atom is -0.497 e. The minimum atomic E-state index is -0.829. The lowest BCUT2D eigenvalue weighted by Crippen LogP contribution is -2.20. The molecule has 4 aromatic rings. The van der Waals surface area contributed by atoms with Crippen LogP contribution in [0.4, 0.5) is 0 Å². The normalized spacial score (nSPS) is 11.0. The van der Waals surface area contributed by atoms with Crippen molar-refractivity contribution in [3.8, 4) is 5.75 Å². The van der Waals surface area contributed by atoms with E-state index < -0.39 is 17.0 Å². The molecule has 6 heteroatoms. The lowest BCUT2D eigenvalue weighted by Gasteiger charge is -2.05. The third kappa shape index (κ3) is 2.91. The Morgan fingerprint density at radius 2 is 1.37 bits per heavy atom. The van der Waals surface area contributed by atoms with Gasteiger partial charge >= 0.3 is 11.3 Å². The highest BCUT2D eigenvalue weighted by atomic mass is 16.5. The molecular weight excluding hydrogens is 348 g/mol. The average Bonchev–Trinajstić information content (AvgIpc) is 2.65. The molecule has 2 aromatic heterocycles. The van der Waals surface area contributed by atoms with Gasteiger partial charge in [0.1, 0.15) is 28.0 Å². The predicted octanol–water partition coefficient (Wildman–Crippen LogP) is 3.45. The molecule has 4 rings (SSSR count). The quantitative estimate of drug-likeness (QED) is 0.410. The Kier molecular flexibility index (Phi) is 3.88. The number of ether oxygens (including phenoxy) is 1. The van der Waals surface area contributed by atoms with Gasteiger partial charge in [0.2, 0.25) is 5.78 Å². The number of hydrogen-bond donors (Lipinski definition) is 0. The summed E-state index contributed by atoms with van der Waals surface area (Å²) in [7, 11) is 1.50. The highest BCUT2D eigenvalue weighted by molar-refractivity contribution is 6.10. The van der Waals surface area contributed by atoms with Crippen LogP contribution in [0.3, 0.4) is 0 Å². The van der Waals surface area contributed by atoms with E-state index in [4.69, 9.17) is 13.6 Å². The van der Waals surface area contributed by atoms with Crippen LogP contribution in [0.25, 0.3) is 21.9 Å². The topological polar surface area (TPSA) is 86.7 Å². The zero-order valence-electron chi connectivity index (χ0n) is 14.6. The Balaban J connectivity index is 1.87. The van der Waals surface area contributed by atoms with Crippen LogP contribution < -0.4 is 16.0 Å². The van der Waals surface area contributed by atoms with Crippen LogP contribution in [0.1, 0.15) is 21.5 Å². The summed E-state index contributed by atoms with van der Waals surface area (Å²) in [5.74, 6) is -0.215. The SMILES string of the molecule is COc1ccc2cc(C(=O)c3cc4ccc(C)cc4oc3=O)c(=O)oc2c1. The molecule has 2 heterocycles. The van der Waals surface area contributed by atoms with Crippen LogP contribution in [-0.4, -0.2) is 12.9 Å². The second-order valence-corrected chi connectivity index (χ2v) is 6.17. The maximum atomic E-state index is 12.8. The third-order valence-corrected chi connectivity index (χ3v) is 4.32. The second kappa shape index (κ2) is 6.25. The molecular formula is C21H14O6. The number of carbonyl (C=O) groups is 1. The third-order valence-electron chi connectivity index (χ3n) is 4.32. The number of aryl methyl sites for hydroxylation is 1. The molecule has 2 aromatic carbocycles. The van der Waals surface area contributed by atoms with E-state index in [0.29, 0.717) is 22.1 Å². The van der Waals surface area contributed by atoms with Crippen LogP contribution in [-0.2, 0) is 0 Å². The lowest BCUT2D eigenvalue weighted by atomic mass is 10.0. The molecule has 134 valence electrons. The molecule has 0 spiro atoms. The number of hydrogen-bond acceptors (Lipinski definition) is 6.